The van der Waals surface area contributed by atoms with E-state index in [0.717, 1.165) is 12.0 Å². The molecule has 0 saturated carbocycles. The summed E-state index contributed by atoms with van der Waals surface area (Å²) >= 11 is 0. The van der Waals surface area contributed by atoms with Crippen LogP contribution in [0.15, 0.2) is 60.7 Å². The number of carbonyl (C=O) groups is 1. The molecule has 0 bridgehead atoms. The number of nitrogens with one attached hydrogen (secondary N) is 1. The van der Waals surface area contributed by atoms with Crippen molar-refractivity contribution in [1.82, 2.24) is 5.32 Å². The van der Waals surface area contributed by atoms with Gasteiger partial charge in [0.25, 0.3) is 0 Å². The van der Waals surface area contributed by atoms with Gasteiger partial charge in [0, 0.05) is 19.0 Å². The van der Waals surface area contributed by atoms with E-state index in [-0.39, 0.29) is 17.9 Å². The monoisotopic (exact) mass is 296 g/mol. The lowest BCUT2D eigenvalue weighted by Crippen LogP contribution is -2.32. The maximum atomic E-state index is 12.2. The predicted octanol–water partition coefficient (Wildman–Crippen LogP) is 3.39. The SMILES string of the molecule is CCC(CC(=O)NCC(N)c1ccccc1)c1ccccc1. The number of nitrogens with two attached hydrogens (primary N) is 1. The van der Waals surface area contributed by atoms with Crippen molar-refractivity contribution in [2.45, 2.75) is 31.7 Å². The molecular weight excluding hydrogens is 272 g/mol. The van der Waals surface area contributed by atoms with Crippen LogP contribution in [0.3, 0.4) is 0 Å². The van der Waals surface area contributed by atoms with Crippen LogP contribution >= 0.6 is 0 Å². The second-order valence-corrected chi connectivity index (χ2v) is 5.54. The van der Waals surface area contributed by atoms with Crippen LogP contribution in [0.25, 0.3) is 0 Å². The van der Waals surface area contributed by atoms with Gasteiger partial charge in [-0.15, -0.1) is 0 Å². The van der Waals surface area contributed by atoms with Gasteiger partial charge in [0.05, 0.1) is 0 Å². The lowest BCUT2D eigenvalue weighted by atomic mass is 9.93. The molecule has 0 saturated heterocycles. The summed E-state index contributed by atoms with van der Waals surface area (Å²) in [5.41, 5.74) is 8.36. The number of rotatable bonds is 7. The van der Waals surface area contributed by atoms with Gasteiger partial charge in [-0.2, -0.15) is 0 Å². The van der Waals surface area contributed by atoms with Crippen LogP contribution in [-0.2, 0) is 4.79 Å². The van der Waals surface area contributed by atoms with Gasteiger partial charge in [-0.3, -0.25) is 4.79 Å². The molecule has 0 fully saturated rings. The van der Waals surface area contributed by atoms with E-state index in [1.807, 2.05) is 48.5 Å². The molecule has 2 aromatic rings. The Bertz CT molecular complexity index is 569. The zero-order chi connectivity index (χ0) is 15.8. The van der Waals surface area contributed by atoms with E-state index in [1.165, 1.54) is 5.56 Å². The zero-order valence-corrected chi connectivity index (χ0v) is 13.0. The summed E-state index contributed by atoms with van der Waals surface area (Å²) in [6.45, 7) is 2.58. The largest absolute Gasteiger partial charge is 0.354 e. The molecule has 0 aliphatic carbocycles. The molecule has 0 aliphatic heterocycles. The van der Waals surface area contributed by atoms with Crippen molar-refractivity contribution in [2.75, 3.05) is 6.54 Å². The molecule has 116 valence electrons. The van der Waals surface area contributed by atoms with Crippen LogP contribution in [0.5, 0.6) is 0 Å². The van der Waals surface area contributed by atoms with E-state index in [9.17, 15) is 4.79 Å². The van der Waals surface area contributed by atoms with Crippen LogP contribution in [0.1, 0.15) is 42.9 Å². The van der Waals surface area contributed by atoms with E-state index in [4.69, 9.17) is 5.73 Å². The molecule has 2 atom stereocenters. The topological polar surface area (TPSA) is 55.1 Å². The van der Waals surface area contributed by atoms with E-state index >= 15 is 0 Å². The third-order valence-corrected chi connectivity index (χ3v) is 3.94. The van der Waals surface area contributed by atoms with Crippen LogP contribution < -0.4 is 11.1 Å². The first kappa shape index (κ1) is 16.2. The number of hydrogen-bond acceptors (Lipinski definition) is 2. The Labute approximate surface area is 132 Å². The predicted molar refractivity (Wildman–Crippen MR) is 90.5 cm³/mol. The molecule has 2 aromatic carbocycles. The summed E-state index contributed by atoms with van der Waals surface area (Å²) < 4.78 is 0. The Morgan fingerprint density at radius 3 is 2.09 bits per heavy atom. The molecule has 2 unspecified atom stereocenters. The van der Waals surface area contributed by atoms with Crippen molar-refractivity contribution in [2.24, 2.45) is 5.73 Å². The van der Waals surface area contributed by atoms with Crippen molar-refractivity contribution < 1.29 is 4.79 Å². The van der Waals surface area contributed by atoms with Gasteiger partial charge in [0.1, 0.15) is 0 Å². The van der Waals surface area contributed by atoms with Crippen molar-refractivity contribution in [1.29, 1.82) is 0 Å². The highest BCUT2D eigenvalue weighted by Gasteiger charge is 2.15. The second kappa shape index (κ2) is 8.35. The first-order valence-corrected chi connectivity index (χ1v) is 7.83. The zero-order valence-electron chi connectivity index (χ0n) is 13.0. The number of hydrogen-bond donors (Lipinski definition) is 2. The van der Waals surface area contributed by atoms with Crippen molar-refractivity contribution >= 4 is 5.91 Å². The molecule has 0 aliphatic rings. The average molecular weight is 296 g/mol. The van der Waals surface area contributed by atoms with Crippen LogP contribution in [0.2, 0.25) is 0 Å². The molecule has 2 rings (SSSR count). The van der Waals surface area contributed by atoms with Gasteiger partial charge in [-0.25, -0.2) is 0 Å². The Morgan fingerprint density at radius 2 is 1.55 bits per heavy atom. The van der Waals surface area contributed by atoms with E-state index in [0.29, 0.717) is 13.0 Å². The first-order chi connectivity index (χ1) is 10.7. The maximum Gasteiger partial charge on any atom is 0.220 e. The van der Waals surface area contributed by atoms with E-state index in [2.05, 4.69) is 24.4 Å². The van der Waals surface area contributed by atoms with Gasteiger partial charge in [-0.1, -0.05) is 67.6 Å². The number of amides is 1. The lowest BCUT2D eigenvalue weighted by molar-refractivity contribution is -0.121. The van der Waals surface area contributed by atoms with Gasteiger partial charge in [-0.05, 0) is 23.5 Å². The highest BCUT2D eigenvalue weighted by atomic mass is 16.1. The fourth-order valence-electron chi connectivity index (χ4n) is 2.56. The maximum absolute atomic E-state index is 12.2. The highest BCUT2D eigenvalue weighted by molar-refractivity contribution is 5.76. The quantitative estimate of drug-likeness (QED) is 0.823. The van der Waals surface area contributed by atoms with Gasteiger partial charge < -0.3 is 11.1 Å². The summed E-state index contributed by atoms with van der Waals surface area (Å²) in [4.78, 5) is 12.2. The van der Waals surface area contributed by atoms with E-state index in [1.54, 1.807) is 0 Å². The Kier molecular flexibility index (Phi) is 6.16. The van der Waals surface area contributed by atoms with E-state index < -0.39 is 0 Å². The van der Waals surface area contributed by atoms with Crippen molar-refractivity contribution in [3.05, 3.63) is 71.8 Å². The lowest BCUT2D eigenvalue weighted by Gasteiger charge is -2.17. The van der Waals surface area contributed by atoms with Gasteiger partial charge in [0.2, 0.25) is 5.91 Å². The third-order valence-electron chi connectivity index (χ3n) is 3.94. The Morgan fingerprint density at radius 1 is 1.00 bits per heavy atom. The molecule has 3 nitrogen and oxygen atoms in total. The summed E-state index contributed by atoms with van der Waals surface area (Å²) in [6, 6.07) is 19.9. The standard InChI is InChI=1S/C19H24N2O/c1-2-15(16-9-5-3-6-10-16)13-19(22)21-14-18(20)17-11-7-4-8-12-17/h3-12,15,18H,2,13-14,20H2,1H3,(H,21,22). The second-order valence-electron chi connectivity index (χ2n) is 5.54. The summed E-state index contributed by atoms with van der Waals surface area (Å²) in [5.74, 6) is 0.316. The molecule has 1 amide bonds. The molecule has 22 heavy (non-hydrogen) atoms. The average Bonchev–Trinajstić information content (AvgIpc) is 2.59. The Balaban J connectivity index is 1.84. The smallest absolute Gasteiger partial charge is 0.220 e. The van der Waals surface area contributed by atoms with Gasteiger partial charge >= 0.3 is 0 Å². The molecule has 0 aromatic heterocycles. The Hall–Kier alpha value is -2.13. The molecule has 0 spiro atoms. The van der Waals surface area contributed by atoms with Gasteiger partial charge in [0.15, 0.2) is 0 Å². The fraction of sp³-hybridized carbons (Fsp3) is 0.316. The molecular formula is C19H24N2O. The highest BCUT2D eigenvalue weighted by Crippen LogP contribution is 2.22. The molecule has 0 radical (unpaired) electrons. The van der Waals surface area contributed by atoms with Crippen LogP contribution in [-0.4, -0.2) is 12.5 Å². The number of benzene rings is 2. The molecule has 3 N–H and O–H groups in total. The minimum atomic E-state index is -0.165. The summed E-state index contributed by atoms with van der Waals surface area (Å²) in [6.07, 6.45) is 1.45. The minimum absolute atomic E-state index is 0.0575. The van der Waals surface area contributed by atoms with Crippen LogP contribution in [0.4, 0.5) is 0 Å². The molecule has 3 heteroatoms. The van der Waals surface area contributed by atoms with Crippen molar-refractivity contribution in [3.8, 4) is 0 Å². The fourth-order valence-corrected chi connectivity index (χ4v) is 2.56. The number of carbonyl (C=O) groups excluding carboxylic acids is 1. The first-order valence-electron chi connectivity index (χ1n) is 7.83. The summed E-state index contributed by atoms with van der Waals surface area (Å²) in [7, 11) is 0. The minimum Gasteiger partial charge on any atom is -0.354 e. The third kappa shape index (κ3) is 4.71. The normalized spacial score (nSPS) is 13.4. The van der Waals surface area contributed by atoms with Crippen LogP contribution in [0, 0.1) is 0 Å². The summed E-state index contributed by atoms with van der Waals surface area (Å²) in [5, 5.41) is 2.95. The van der Waals surface area contributed by atoms with Crippen molar-refractivity contribution in [3.63, 3.8) is 0 Å². The molecule has 0 heterocycles.